The van der Waals surface area contributed by atoms with Gasteiger partial charge in [0.25, 0.3) is 0 Å². The largest absolute Gasteiger partial charge is 0.351 e. The smallest absolute Gasteiger partial charge is 0.224 e. The van der Waals surface area contributed by atoms with Gasteiger partial charge in [0.05, 0.1) is 5.69 Å². The van der Waals surface area contributed by atoms with Gasteiger partial charge in [-0.3, -0.25) is 4.79 Å². The van der Waals surface area contributed by atoms with Crippen molar-refractivity contribution < 1.29 is 4.79 Å². The fraction of sp³-hybridized carbons (Fsp3) is 0.350. The van der Waals surface area contributed by atoms with E-state index in [0.717, 1.165) is 40.8 Å². The van der Waals surface area contributed by atoms with Gasteiger partial charge in [0.2, 0.25) is 11.9 Å². The first-order valence-corrected chi connectivity index (χ1v) is 9.75. The highest BCUT2D eigenvalue weighted by molar-refractivity contribution is 5.92. The number of hydrogen-bond donors (Lipinski definition) is 3. The van der Waals surface area contributed by atoms with Crippen LogP contribution in [-0.4, -0.2) is 47.0 Å². The van der Waals surface area contributed by atoms with Gasteiger partial charge in [0.15, 0.2) is 5.65 Å². The average molecular weight is 390 g/mol. The third-order valence-corrected chi connectivity index (χ3v) is 5.45. The summed E-state index contributed by atoms with van der Waals surface area (Å²) >= 11 is 0. The predicted octanol–water partition coefficient (Wildman–Crippen LogP) is 2.53. The number of carbonyl (C=O) groups is 1. The van der Waals surface area contributed by atoms with Crippen LogP contribution >= 0.6 is 0 Å². The molecule has 1 saturated carbocycles. The normalized spacial score (nSPS) is 21.2. The van der Waals surface area contributed by atoms with E-state index >= 15 is 0 Å². The Morgan fingerprint density at radius 2 is 2.21 bits per heavy atom. The number of imidazole rings is 1. The van der Waals surface area contributed by atoms with Crippen LogP contribution in [0.3, 0.4) is 0 Å². The molecule has 0 unspecified atom stereocenters. The summed E-state index contributed by atoms with van der Waals surface area (Å²) in [6.45, 7) is 3.94. The number of rotatable bonds is 5. The van der Waals surface area contributed by atoms with Gasteiger partial charge in [-0.15, -0.1) is 0 Å². The Morgan fingerprint density at radius 1 is 1.34 bits per heavy atom. The van der Waals surface area contributed by atoms with Gasteiger partial charge in [-0.25, -0.2) is 14.5 Å². The summed E-state index contributed by atoms with van der Waals surface area (Å²) in [5.41, 5.74) is 3.19. The van der Waals surface area contributed by atoms with Crippen molar-refractivity contribution in [3.05, 3.63) is 36.9 Å². The fourth-order valence-corrected chi connectivity index (χ4v) is 3.99. The van der Waals surface area contributed by atoms with Crippen LogP contribution in [-0.2, 0) is 4.79 Å². The third-order valence-electron chi connectivity index (χ3n) is 5.45. The van der Waals surface area contributed by atoms with Crippen molar-refractivity contribution in [1.82, 2.24) is 34.9 Å². The molecule has 1 fully saturated rings. The SMILES string of the molecule is CCC(=O)N[C@]1(C)C[C@H](Nc2ncc3c(-c4ccc5nccn5n4)c[nH]c3n2)C1. The lowest BCUT2D eigenvalue weighted by atomic mass is 9.74. The van der Waals surface area contributed by atoms with Crippen LogP contribution in [0.1, 0.15) is 33.1 Å². The Morgan fingerprint density at radius 3 is 3.03 bits per heavy atom. The van der Waals surface area contributed by atoms with Crippen LogP contribution in [0.4, 0.5) is 5.95 Å². The van der Waals surface area contributed by atoms with E-state index in [1.807, 2.05) is 37.6 Å². The minimum absolute atomic E-state index is 0.0880. The van der Waals surface area contributed by atoms with E-state index < -0.39 is 0 Å². The number of nitrogens with zero attached hydrogens (tertiary/aromatic N) is 5. The molecule has 0 spiro atoms. The van der Waals surface area contributed by atoms with Gasteiger partial charge in [-0.2, -0.15) is 10.1 Å². The summed E-state index contributed by atoms with van der Waals surface area (Å²) in [5.74, 6) is 0.669. The zero-order chi connectivity index (χ0) is 20.0. The van der Waals surface area contributed by atoms with Crippen LogP contribution in [0.15, 0.2) is 36.9 Å². The Labute approximate surface area is 167 Å². The molecule has 9 heteroatoms. The number of aromatic amines is 1. The maximum Gasteiger partial charge on any atom is 0.224 e. The number of H-pyrrole nitrogens is 1. The lowest BCUT2D eigenvalue weighted by Gasteiger charge is -2.45. The molecule has 148 valence electrons. The van der Waals surface area contributed by atoms with E-state index in [2.05, 4.69) is 42.6 Å². The Hall–Kier alpha value is -3.49. The van der Waals surface area contributed by atoms with Crippen molar-refractivity contribution in [3.63, 3.8) is 0 Å². The highest BCUT2D eigenvalue weighted by atomic mass is 16.1. The van der Waals surface area contributed by atoms with Gasteiger partial charge in [0.1, 0.15) is 5.65 Å². The van der Waals surface area contributed by atoms with Gasteiger partial charge in [-0.05, 0) is 31.9 Å². The van der Waals surface area contributed by atoms with Crippen LogP contribution in [0.5, 0.6) is 0 Å². The molecule has 0 bridgehead atoms. The van der Waals surface area contributed by atoms with Gasteiger partial charge in [0, 0.05) is 53.7 Å². The molecular formula is C20H22N8O. The fourth-order valence-electron chi connectivity index (χ4n) is 3.99. The Bertz CT molecular complexity index is 1200. The minimum atomic E-state index is -0.147. The average Bonchev–Trinajstić information content (AvgIpc) is 3.32. The first kappa shape index (κ1) is 17.6. The number of hydrogen-bond acceptors (Lipinski definition) is 6. The second-order valence-corrected chi connectivity index (χ2v) is 7.82. The van der Waals surface area contributed by atoms with E-state index in [0.29, 0.717) is 12.4 Å². The Balaban J connectivity index is 1.33. The molecule has 0 aliphatic heterocycles. The molecule has 0 radical (unpaired) electrons. The summed E-state index contributed by atoms with van der Waals surface area (Å²) in [7, 11) is 0. The molecule has 4 aromatic heterocycles. The first-order valence-electron chi connectivity index (χ1n) is 9.75. The molecule has 1 amide bonds. The summed E-state index contributed by atoms with van der Waals surface area (Å²) in [6, 6.07) is 4.12. The second-order valence-electron chi connectivity index (χ2n) is 7.82. The highest BCUT2D eigenvalue weighted by Gasteiger charge is 2.41. The summed E-state index contributed by atoms with van der Waals surface area (Å²) in [4.78, 5) is 28.2. The molecule has 0 atom stereocenters. The molecule has 4 aromatic rings. The predicted molar refractivity (Wildman–Crippen MR) is 109 cm³/mol. The first-order chi connectivity index (χ1) is 14.0. The highest BCUT2D eigenvalue weighted by Crippen LogP contribution is 2.34. The molecule has 0 aromatic carbocycles. The summed E-state index contributed by atoms with van der Waals surface area (Å²) in [5, 5.41) is 12.0. The number of amides is 1. The van der Waals surface area contributed by atoms with Crippen molar-refractivity contribution in [2.75, 3.05) is 5.32 Å². The topological polar surface area (TPSA) is 113 Å². The van der Waals surface area contributed by atoms with Crippen molar-refractivity contribution in [1.29, 1.82) is 0 Å². The van der Waals surface area contributed by atoms with E-state index in [1.165, 1.54) is 0 Å². The van der Waals surface area contributed by atoms with Gasteiger partial charge >= 0.3 is 0 Å². The van der Waals surface area contributed by atoms with E-state index in [4.69, 9.17) is 0 Å². The molecule has 5 rings (SSSR count). The minimum Gasteiger partial charge on any atom is -0.351 e. The van der Waals surface area contributed by atoms with E-state index in [-0.39, 0.29) is 17.5 Å². The number of nitrogens with one attached hydrogen (secondary N) is 3. The van der Waals surface area contributed by atoms with Gasteiger partial charge < -0.3 is 15.6 Å². The molecule has 4 heterocycles. The number of anilines is 1. The maximum absolute atomic E-state index is 11.6. The number of aromatic nitrogens is 6. The quantitative estimate of drug-likeness (QED) is 0.483. The third kappa shape index (κ3) is 3.18. The molecule has 0 saturated heterocycles. The van der Waals surface area contributed by atoms with E-state index in [9.17, 15) is 4.79 Å². The number of fused-ring (bicyclic) bond motifs is 2. The van der Waals surface area contributed by atoms with Crippen molar-refractivity contribution in [3.8, 4) is 11.3 Å². The Kier molecular flexibility index (Phi) is 3.97. The molecule has 1 aliphatic rings. The van der Waals surface area contributed by atoms with Crippen molar-refractivity contribution >= 4 is 28.5 Å². The van der Waals surface area contributed by atoms with Crippen LogP contribution in [0.25, 0.3) is 27.9 Å². The maximum atomic E-state index is 11.6. The summed E-state index contributed by atoms with van der Waals surface area (Å²) in [6.07, 6.45) is 9.46. The summed E-state index contributed by atoms with van der Waals surface area (Å²) < 4.78 is 1.75. The van der Waals surface area contributed by atoms with Gasteiger partial charge in [-0.1, -0.05) is 6.92 Å². The van der Waals surface area contributed by atoms with Crippen LogP contribution in [0.2, 0.25) is 0 Å². The van der Waals surface area contributed by atoms with Crippen LogP contribution < -0.4 is 10.6 Å². The lowest BCUT2D eigenvalue weighted by molar-refractivity contribution is -0.123. The zero-order valence-electron chi connectivity index (χ0n) is 16.3. The molecular weight excluding hydrogens is 368 g/mol. The molecule has 3 N–H and O–H groups in total. The monoisotopic (exact) mass is 390 g/mol. The molecule has 1 aliphatic carbocycles. The van der Waals surface area contributed by atoms with Crippen LogP contribution in [0, 0.1) is 0 Å². The lowest BCUT2D eigenvalue weighted by Crippen LogP contribution is -2.59. The zero-order valence-corrected chi connectivity index (χ0v) is 16.3. The number of carbonyl (C=O) groups excluding carboxylic acids is 1. The van der Waals surface area contributed by atoms with Crippen molar-refractivity contribution in [2.45, 2.75) is 44.7 Å². The van der Waals surface area contributed by atoms with E-state index in [1.54, 1.807) is 10.7 Å². The molecule has 29 heavy (non-hydrogen) atoms. The second kappa shape index (κ2) is 6.54. The molecule has 9 nitrogen and oxygen atoms in total. The van der Waals surface area contributed by atoms with Crippen molar-refractivity contribution in [2.24, 2.45) is 0 Å². The standard InChI is InChI=1S/C20H22N8O/c1-3-17(29)26-20(2)8-12(9-20)24-19-23-11-14-13(10-22-18(14)25-19)15-4-5-16-21-6-7-28(16)27-15/h4-7,10-12H,3,8-9H2,1-2H3,(H,26,29)(H2,22,23,24,25)/t12-,20+.